The van der Waals surface area contributed by atoms with Crippen LogP contribution in [0.25, 0.3) is 32.9 Å². The second-order valence-corrected chi connectivity index (χ2v) is 10.1. The van der Waals surface area contributed by atoms with Gasteiger partial charge in [-0.15, -0.1) is 0 Å². The molecule has 2 aromatic carbocycles. The third-order valence-electron chi connectivity index (χ3n) is 7.27. The van der Waals surface area contributed by atoms with Crippen LogP contribution in [0.2, 0.25) is 0 Å². The Bertz CT molecular complexity index is 1730. The Hall–Kier alpha value is -4.75. The topological polar surface area (TPSA) is 82.2 Å². The van der Waals surface area contributed by atoms with Crippen LogP contribution in [0.3, 0.4) is 0 Å². The zero-order valence-corrected chi connectivity index (χ0v) is 21.9. The van der Waals surface area contributed by atoms with E-state index < -0.39 is 0 Å². The van der Waals surface area contributed by atoms with E-state index in [0.29, 0.717) is 19.1 Å². The summed E-state index contributed by atoms with van der Waals surface area (Å²) >= 11 is 0. The molecule has 0 aliphatic heterocycles. The van der Waals surface area contributed by atoms with E-state index in [1.54, 1.807) is 12.4 Å². The van der Waals surface area contributed by atoms with Crippen molar-refractivity contribution in [2.75, 3.05) is 0 Å². The minimum absolute atomic E-state index is 0.0956. The maximum atomic E-state index is 6.08. The molecule has 0 spiro atoms. The number of H-pyrrole nitrogens is 1. The third-order valence-corrected chi connectivity index (χ3v) is 7.27. The maximum Gasteiger partial charge on any atom is 0.213 e. The van der Waals surface area contributed by atoms with Gasteiger partial charge in [0.1, 0.15) is 18.0 Å². The molecule has 1 fully saturated rings. The van der Waals surface area contributed by atoms with Gasteiger partial charge < -0.3 is 19.2 Å². The fourth-order valence-corrected chi connectivity index (χ4v) is 5.03. The number of nitrogens with one attached hydrogen (secondary N) is 1. The summed E-state index contributed by atoms with van der Waals surface area (Å²) in [5.74, 6) is 1.40. The van der Waals surface area contributed by atoms with Gasteiger partial charge in [0.25, 0.3) is 0 Å². The van der Waals surface area contributed by atoms with Gasteiger partial charge in [0.15, 0.2) is 0 Å². The van der Waals surface area contributed by atoms with Gasteiger partial charge in [-0.3, -0.25) is 9.97 Å². The Balaban J connectivity index is 0.888. The Morgan fingerprint density at radius 2 is 1.57 bits per heavy atom. The molecule has 4 aromatic heterocycles. The summed E-state index contributed by atoms with van der Waals surface area (Å²) < 4.78 is 17.9. The quantitative estimate of drug-likeness (QED) is 0.220. The van der Waals surface area contributed by atoms with E-state index >= 15 is 0 Å². The zero-order valence-electron chi connectivity index (χ0n) is 21.9. The van der Waals surface area contributed by atoms with E-state index in [4.69, 9.17) is 14.2 Å². The highest BCUT2D eigenvalue weighted by Crippen LogP contribution is 2.31. The molecular formula is C33H28N4O3. The predicted octanol–water partition coefficient (Wildman–Crippen LogP) is 6.88. The summed E-state index contributed by atoms with van der Waals surface area (Å²) in [6.45, 7) is 1.04. The first-order valence-electron chi connectivity index (χ1n) is 13.5. The van der Waals surface area contributed by atoms with Crippen LogP contribution in [0.4, 0.5) is 0 Å². The highest BCUT2D eigenvalue weighted by Gasteiger charge is 2.33. The molecule has 198 valence electrons. The van der Waals surface area contributed by atoms with Crippen molar-refractivity contribution in [1.82, 2.24) is 19.9 Å². The molecule has 1 saturated carbocycles. The smallest absolute Gasteiger partial charge is 0.213 e. The number of ether oxygens (including phenoxy) is 3. The number of benzene rings is 2. The van der Waals surface area contributed by atoms with Gasteiger partial charge in [0.2, 0.25) is 5.88 Å². The summed E-state index contributed by atoms with van der Waals surface area (Å²) in [6, 6.07) is 26.4. The Kier molecular flexibility index (Phi) is 6.55. The summed E-state index contributed by atoms with van der Waals surface area (Å²) in [7, 11) is 0. The van der Waals surface area contributed by atoms with Gasteiger partial charge in [-0.25, -0.2) is 4.98 Å². The van der Waals surface area contributed by atoms with Crippen molar-refractivity contribution in [3.05, 3.63) is 115 Å². The Morgan fingerprint density at radius 1 is 0.700 bits per heavy atom. The van der Waals surface area contributed by atoms with Crippen molar-refractivity contribution in [3.63, 3.8) is 0 Å². The Morgan fingerprint density at radius 3 is 2.40 bits per heavy atom. The minimum Gasteiger partial charge on any atom is -0.489 e. The second-order valence-electron chi connectivity index (χ2n) is 10.1. The number of aromatic nitrogens is 4. The lowest BCUT2D eigenvalue weighted by atomic mass is 9.92. The van der Waals surface area contributed by atoms with Crippen molar-refractivity contribution < 1.29 is 14.2 Å². The van der Waals surface area contributed by atoms with Crippen molar-refractivity contribution in [2.24, 2.45) is 0 Å². The molecule has 7 nitrogen and oxygen atoms in total. The second kappa shape index (κ2) is 10.8. The molecule has 6 aromatic rings. The number of hydrogen-bond donors (Lipinski definition) is 1. The van der Waals surface area contributed by atoms with E-state index in [0.717, 1.165) is 57.4 Å². The normalized spacial score (nSPS) is 16.6. The molecule has 7 rings (SSSR count). The number of nitrogens with zero attached hydrogens (tertiary/aromatic N) is 3. The lowest BCUT2D eigenvalue weighted by Gasteiger charge is -2.34. The maximum absolute atomic E-state index is 6.08. The average molecular weight is 529 g/mol. The van der Waals surface area contributed by atoms with Crippen molar-refractivity contribution in [3.8, 4) is 22.8 Å². The van der Waals surface area contributed by atoms with E-state index in [-0.39, 0.29) is 12.2 Å². The van der Waals surface area contributed by atoms with E-state index in [1.807, 2.05) is 54.9 Å². The van der Waals surface area contributed by atoms with Crippen LogP contribution in [0.15, 0.2) is 104 Å². The van der Waals surface area contributed by atoms with Crippen molar-refractivity contribution in [1.29, 1.82) is 0 Å². The zero-order chi connectivity index (χ0) is 26.7. The van der Waals surface area contributed by atoms with Crippen LogP contribution in [-0.4, -0.2) is 32.1 Å². The SMILES string of the molecule is c1ccc(COCc2ccc(OC3CC(Oc4ccc(-c5ccc6c(c5)[nH]c5ccncc56)cn4)C3)cn2)cc1. The molecule has 0 amide bonds. The first-order chi connectivity index (χ1) is 19.8. The number of rotatable bonds is 9. The highest BCUT2D eigenvalue weighted by atomic mass is 16.5. The Labute approximate surface area is 231 Å². The summed E-state index contributed by atoms with van der Waals surface area (Å²) in [6.07, 6.45) is 9.17. The van der Waals surface area contributed by atoms with E-state index in [1.165, 1.54) is 5.39 Å². The van der Waals surface area contributed by atoms with E-state index in [2.05, 4.69) is 56.3 Å². The van der Waals surface area contributed by atoms with Crippen molar-refractivity contribution >= 4 is 21.8 Å². The molecule has 4 heterocycles. The molecule has 1 N–H and O–H groups in total. The fourth-order valence-electron chi connectivity index (χ4n) is 5.03. The lowest BCUT2D eigenvalue weighted by molar-refractivity contribution is 0.00204. The van der Waals surface area contributed by atoms with Gasteiger partial charge in [-0.05, 0) is 41.5 Å². The van der Waals surface area contributed by atoms with Gasteiger partial charge >= 0.3 is 0 Å². The predicted molar refractivity (Wildman–Crippen MR) is 154 cm³/mol. The van der Waals surface area contributed by atoms with Gasteiger partial charge in [0, 0.05) is 64.9 Å². The van der Waals surface area contributed by atoms with Gasteiger partial charge in [-0.2, -0.15) is 0 Å². The summed E-state index contributed by atoms with van der Waals surface area (Å²) in [5, 5.41) is 2.30. The molecule has 1 aliphatic carbocycles. The van der Waals surface area contributed by atoms with Gasteiger partial charge in [0.05, 0.1) is 25.1 Å². The third kappa shape index (κ3) is 5.24. The molecular weight excluding hydrogens is 500 g/mol. The molecule has 0 unspecified atom stereocenters. The molecule has 0 bridgehead atoms. The summed E-state index contributed by atoms with van der Waals surface area (Å²) in [5.41, 5.74) is 6.35. The fraction of sp³-hybridized carbons (Fsp3) is 0.182. The molecule has 0 atom stereocenters. The minimum atomic E-state index is 0.0956. The number of aromatic amines is 1. The van der Waals surface area contributed by atoms with Crippen molar-refractivity contribution in [2.45, 2.75) is 38.3 Å². The number of pyridine rings is 3. The first kappa shape index (κ1) is 24.3. The molecule has 1 aliphatic rings. The van der Waals surface area contributed by atoms with Crippen LogP contribution in [0.5, 0.6) is 11.6 Å². The highest BCUT2D eigenvalue weighted by molar-refractivity contribution is 6.07. The van der Waals surface area contributed by atoms with Crippen LogP contribution in [0.1, 0.15) is 24.1 Å². The average Bonchev–Trinajstić information content (AvgIpc) is 3.36. The standard InChI is InChI=1S/C33H28N4O3/c1-2-4-22(5-3-1)20-38-21-25-8-9-26(18-35-25)39-27-15-28(16-27)40-33-11-7-24(17-36-33)23-6-10-29-30-19-34-13-12-31(30)37-32(29)14-23/h1-14,17-19,27-28,37H,15-16,20-21H2. The molecule has 7 heteroatoms. The van der Waals surface area contributed by atoms with Crippen LogP contribution in [-0.2, 0) is 18.0 Å². The van der Waals surface area contributed by atoms with E-state index in [9.17, 15) is 0 Å². The number of hydrogen-bond acceptors (Lipinski definition) is 6. The monoisotopic (exact) mass is 528 g/mol. The summed E-state index contributed by atoms with van der Waals surface area (Å²) in [4.78, 5) is 16.7. The molecule has 0 saturated heterocycles. The van der Waals surface area contributed by atoms with Crippen LogP contribution < -0.4 is 9.47 Å². The lowest BCUT2D eigenvalue weighted by Crippen LogP contribution is -2.41. The van der Waals surface area contributed by atoms with Crippen LogP contribution in [0, 0.1) is 0 Å². The largest absolute Gasteiger partial charge is 0.489 e. The first-order valence-corrected chi connectivity index (χ1v) is 13.5. The molecule has 0 radical (unpaired) electrons. The number of fused-ring (bicyclic) bond motifs is 3. The van der Waals surface area contributed by atoms with Crippen LogP contribution >= 0.6 is 0 Å². The van der Waals surface area contributed by atoms with Gasteiger partial charge in [-0.1, -0.05) is 42.5 Å². The molecule has 40 heavy (non-hydrogen) atoms.